The Labute approximate surface area is 141 Å². The van der Waals surface area contributed by atoms with Crippen LogP contribution in [-0.2, 0) is 0 Å². The zero-order chi connectivity index (χ0) is 15.5. The minimum atomic E-state index is -0.361. The second-order valence-electron chi connectivity index (χ2n) is 5.32. The van der Waals surface area contributed by atoms with Gasteiger partial charge < -0.3 is 10.6 Å². The molecule has 0 saturated heterocycles. The molecule has 0 radical (unpaired) electrons. The van der Waals surface area contributed by atoms with Gasteiger partial charge in [-0.25, -0.2) is 4.39 Å². The van der Waals surface area contributed by atoms with E-state index in [1.54, 1.807) is 24.4 Å². The molecule has 1 heterocycles. The van der Waals surface area contributed by atoms with Crippen molar-refractivity contribution in [2.24, 2.45) is 5.92 Å². The number of pyridine rings is 1. The van der Waals surface area contributed by atoms with Gasteiger partial charge >= 0.3 is 0 Å². The molecule has 1 aliphatic rings. The lowest BCUT2D eigenvalue weighted by Gasteiger charge is -2.12. The Kier molecular flexibility index (Phi) is 4.56. The number of nitrogens with one attached hydrogen (secondary N) is 2. The number of aromatic nitrogens is 1. The van der Waals surface area contributed by atoms with Crippen LogP contribution in [0.1, 0.15) is 23.2 Å². The third-order valence-electron chi connectivity index (χ3n) is 3.51. The van der Waals surface area contributed by atoms with Crippen LogP contribution in [0.3, 0.4) is 0 Å². The van der Waals surface area contributed by atoms with Crippen LogP contribution in [0.2, 0.25) is 0 Å². The van der Waals surface area contributed by atoms with Crippen LogP contribution in [-0.4, -0.2) is 17.4 Å². The van der Waals surface area contributed by atoms with Crippen molar-refractivity contribution in [2.45, 2.75) is 12.8 Å². The van der Waals surface area contributed by atoms with E-state index < -0.39 is 0 Å². The van der Waals surface area contributed by atoms with E-state index in [0.717, 1.165) is 3.57 Å². The van der Waals surface area contributed by atoms with E-state index in [9.17, 15) is 9.18 Å². The topological polar surface area (TPSA) is 54.0 Å². The number of amides is 1. The first-order valence-electron chi connectivity index (χ1n) is 7.08. The van der Waals surface area contributed by atoms with Gasteiger partial charge in [0, 0.05) is 16.3 Å². The van der Waals surface area contributed by atoms with Crippen LogP contribution in [0.15, 0.2) is 36.7 Å². The second-order valence-corrected chi connectivity index (χ2v) is 6.57. The maximum absolute atomic E-state index is 13.9. The molecule has 114 valence electrons. The minimum absolute atomic E-state index is 0.164. The molecule has 0 spiro atoms. The highest BCUT2D eigenvalue weighted by Gasteiger charge is 2.22. The molecule has 2 N–H and O–H groups in total. The van der Waals surface area contributed by atoms with Crippen molar-refractivity contribution in [3.05, 3.63) is 51.6 Å². The lowest BCUT2D eigenvalue weighted by Crippen LogP contribution is -2.26. The molecule has 6 heteroatoms. The molecule has 4 nitrogen and oxygen atoms in total. The van der Waals surface area contributed by atoms with Gasteiger partial charge in [0.05, 0.1) is 23.1 Å². The molecule has 2 aromatic rings. The van der Waals surface area contributed by atoms with E-state index in [-0.39, 0.29) is 11.7 Å². The van der Waals surface area contributed by atoms with E-state index in [1.807, 2.05) is 22.6 Å². The second kappa shape index (κ2) is 6.60. The Morgan fingerprint density at radius 3 is 2.86 bits per heavy atom. The standard InChI is InChI=1S/C16H15FIN3O/c17-13-7-11(18)3-4-14(13)21-15-9-19-6-5-12(15)16(22)20-8-10-1-2-10/h3-7,9-10,21H,1-2,8H2,(H,20,22). The molecule has 0 bridgehead atoms. The number of benzene rings is 1. The van der Waals surface area contributed by atoms with E-state index in [4.69, 9.17) is 0 Å². The largest absolute Gasteiger partial charge is 0.352 e. The lowest BCUT2D eigenvalue weighted by molar-refractivity contribution is 0.0952. The average molecular weight is 411 g/mol. The fourth-order valence-corrected chi connectivity index (χ4v) is 2.54. The fourth-order valence-electron chi connectivity index (χ4n) is 2.08. The van der Waals surface area contributed by atoms with Gasteiger partial charge in [0.25, 0.3) is 5.91 Å². The number of anilines is 2. The van der Waals surface area contributed by atoms with E-state index in [1.165, 1.54) is 25.1 Å². The molecule has 1 aromatic heterocycles. The van der Waals surface area contributed by atoms with Crippen molar-refractivity contribution >= 4 is 39.9 Å². The summed E-state index contributed by atoms with van der Waals surface area (Å²) in [4.78, 5) is 16.3. The Bertz CT molecular complexity index is 704. The Morgan fingerprint density at radius 1 is 1.32 bits per heavy atom. The van der Waals surface area contributed by atoms with Gasteiger partial charge in [-0.1, -0.05) is 0 Å². The number of carbonyl (C=O) groups is 1. The Morgan fingerprint density at radius 2 is 2.14 bits per heavy atom. The molecule has 0 atom stereocenters. The van der Waals surface area contributed by atoms with Gasteiger partial charge in [-0.2, -0.15) is 0 Å². The number of carbonyl (C=O) groups excluding carboxylic acids is 1. The molecule has 1 aromatic carbocycles. The average Bonchev–Trinajstić information content (AvgIpc) is 3.32. The summed E-state index contributed by atoms with van der Waals surface area (Å²) < 4.78 is 14.8. The first-order chi connectivity index (χ1) is 10.6. The quantitative estimate of drug-likeness (QED) is 0.738. The van der Waals surface area contributed by atoms with Crippen molar-refractivity contribution in [3.8, 4) is 0 Å². The minimum Gasteiger partial charge on any atom is -0.352 e. The van der Waals surface area contributed by atoms with Gasteiger partial charge in [-0.05, 0) is 65.6 Å². The summed E-state index contributed by atoms with van der Waals surface area (Å²) in [5.41, 5.74) is 1.29. The summed E-state index contributed by atoms with van der Waals surface area (Å²) in [7, 11) is 0. The first-order valence-corrected chi connectivity index (χ1v) is 8.15. The molecule has 0 aliphatic heterocycles. The molecule has 1 saturated carbocycles. The number of hydrogen-bond acceptors (Lipinski definition) is 3. The first kappa shape index (κ1) is 15.2. The predicted molar refractivity (Wildman–Crippen MR) is 91.7 cm³/mol. The normalized spacial score (nSPS) is 13.7. The van der Waals surface area contributed by atoms with E-state index >= 15 is 0 Å². The molecule has 1 fully saturated rings. The highest BCUT2D eigenvalue weighted by molar-refractivity contribution is 14.1. The Balaban J connectivity index is 1.79. The van der Waals surface area contributed by atoms with Crippen LogP contribution < -0.4 is 10.6 Å². The smallest absolute Gasteiger partial charge is 0.253 e. The predicted octanol–water partition coefficient (Wildman–Crippen LogP) is 3.71. The van der Waals surface area contributed by atoms with Crippen molar-refractivity contribution in [1.82, 2.24) is 10.3 Å². The molecule has 1 amide bonds. The summed E-state index contributed by atoms with van der Waals surface area (Å²) in [6, 6.07) is 6.52. The van der Waals surface area contributed by atoms with Crippen molar-refractivity contribution < 1.29 is 9.18 Å². The Hall–Kier alpha value is -1.70. The molecule has 3 rings (SSSR count). The van der Waals surface area contributed by atoms with Crippen molar-refractivity contribution in [3.63, 3.8) is 0 Å². The zero-order valence-corrected chi connectivity index (χ0v) is 13.9. The number of nitrogens with zero attached hydrogens (tertiary/aromatic N) is 1. The van der Waals surface area contributed by atoms with Gasteiger partial charge in [0.15, 0.2) is 0 Å². The maximum atomic E-state index is 13.9. The summed E-state index contributed by atoms with van der Waals surface area (Å²) in [6.45, 7) is 0.693. The van der Waals surface area contributed by atoms with Crippen LogP contribution in [0.5, 0.6) is 0 Å². The molecule has 1 aliphatic carbocycles. The van der Waals surface area contributed by atoms with Crippen LogP contribution in [0.4, 0.5) is 15.8 Å². The van der Waals surface area contributed by atoms with Gasteiger partial charge in [-0.15, -0.1) is 0 Å². The molecule has 0 unspecified atom stereocenters. The lowest BCUT2D eigenvalue weighted by atomic mass is 10.2. The fraction of sp³-hybridized carbons (Fsp3) is 0.250. The molecular formula is C16H15FIN3O. The van der Waals surface area contributed by atoms with Gasteiger partial charge in [0.1, 0.15) is 5.82 Å². The summed E-state index contributed by atoms with van der Waals surface area (Å²) in [6.07, 6.45) is 5.44. The summed E-state index contributed by atoms with van der Waals surface area (Å²) >= 11 is 2.05. The summed E-state index contributed by atoms with van der Waals surface area (Å²) in [5.74, 6) is 0.0821. The SMILES string of the molecule is O=C(NCC1CC1)c1ccncc1Nc1ccc(I)cc1F. The van der Waals surface area contributed by atoms with Crippen LogP contribution in [0.25, 0.3) is 0 Å². The van der Waals surface area contributed by atoms with Gasteiger partial charge in [-0.3, -0.25) is 9.78 Å². The maximum Gasteiger partial charge on any atom is 0.253 e. The van der Waals surface area contributed by atoms with Gasteiger partial charge in [0.2, 0.25) is 0 Å². The van der Waals surface area contributed by atoms with Crippen LogP contribution in [0, 0.1) is 15.3 Å². The number of hydrogen-bond donors (Lipinski definition) is 2. The third kappa shape index (κ3) is 3.73. The van der Waals surface area contributed by atoms with E-state index in [0.29, 0.717) is 29.4 Å². The van der Waals surface area contributed by atoms with Crippen molar-refractivity contribution in [2.75, 3.05) is 11.9 Å². The third-order valence-corrected chi connectivity index (χ3v) is 4.19. The summed E-state index contributed by atoms with van der Waals surface area (Å²) in [5, 5.41) is 5.86. The molecular weight excluding hydrogens is 396 g/mol. The highest BCUT2D eigenvalue weighted by atomic mass is 127. The number of halogens is 2. The molecule has 22 heavy (non-hydrogen) atoms. The zero-order valence-electron chi connectivity index (χ0n) is 11.8. The monoisotopic (exact) mass is 411 g/mol. The van der Waals surface area contributed by atoms with E-state index in [2.05, 4.69) is 15.6 Å². The highest BCUT2D eigenvalue weighted by Crippen LogP contribution is 2.28. The van der Waals surface area contributed by atoms with Crippen molar-refractivity contribution in [1.29, 1.82) is 0 Å². The van der Waals surface area contributed by atoms with Crippen LogP contribution >= 0.6 is 22.6 Å². The number of rotatable bonds is 5.